The SMILES string of the molecule is CC(C)c1ccc2ncc(-c3cncc(NC4CCNC4)n3)n2c1. The normalized spacial score (nSPS) is 17.7. The van der Waals surface area contributed by atoms with Crippen LogP contribution in [0.2, 0.25) is 0 Å². The molecule has 4 heterocycles. The average Bonchev–Trinajstić information content (AvgIpc) is 3.23. The third-order valence-electron chi connectivity index (χ3n) is 4.50. The van der Waals surface area contributed by atoms with Crippen molar-refractivity contribution in [2.45, 2.75) is 32.2 Å². The molecule has 0 amide bonds. The van der Waals surface area contributed by atoms with Crippen molar-refractivity contribution >= 4 is 11.5 Å². The predicted octanol–water partition coefficient (Wildman–Crippen LogP) is 2.69. The van der Waals surface area contributed by atoms with Crippen molar-refractivity contribution in [3.8, 4) is 11.4 Å². The molecule has 3 aromatic rings. The summed E-state index contributed by atoms with van der Waals surface area (Å²) < 4.78 is 2.10. The average molecular weight is 322 g/mol. The van der Waals surface area contributed by atoms with Crippen LogP contribution in [0.25, 0.3) is 17.0 Å². The highest BCUT2D eigenvalue weighted by Gasteiger charge is 2.15. The summed E-state index contributed by atoms with van der Waals surface area (Å²) in [6, 6.07) is 4.61. The van der Waals surface area contributed by atoms with Gasteiger partial charge in [0.2, 0.25) is 0 Å². The predicted molar refractivity (Wildman–Crippen MR) is 95.2 cm³/mol. The van der Waals surface area contributed by atoms with Crippen LogP contribution in [0, 0.1) is 0 Å². The molecule has 1 aliphatic rings. The zero-order chi connectivity index (χ0) is 16.5. The Balaban J connectivity index is 1.70. The molecule has 1 fully saturated rings. The Morgan fingerprint density at radius 2 is 2.17 bits per heavy atom. The lowest BCUT2D eigenvalue weighted by atomic mass is 10.1. The van der Waals surface area contributed by atoms with E-state index in [-0.39, 0.29) is 0 Å². The van der Waals surface area contributed by atoms with Crippen molar-refractivity contribution in [1.82, 2.24) is 24.7 Å². The quantitative estimate of drug-likeness (QED) is 0.773. The molecule has 0 bridgehead atoms. The summed E-state index contributed by atoms with van der Waals surface area (Å²) in [6.07, 6.45) is 8.70. The van der Waals surface area contributed by atoms with E-state index in [1.165, 1.54) is 5.56 Å². The number of aromatic nitrogens is 4. The first-order valence-corrected chi connectivity index (χ1v) is 8.47. The molecule has 1 aliphatic heterocycles. The van der Waals surface area contributed by atoms with Gasteiger partial charge in [0.05, 0.1) is 24.3 Å². The van der Waals surface area contributed by atoms with Crippen molar-refractivity contribution in [1.29, 1.82) is 0 Å². The standard InChI is InChI=1S/C18H22N6/c1-12(2)13-3-4-18-21-9-16(24(18)11-13)15-8-20-10-17(23-15)22-14-5-6-19-7-14/h3-4,8-12,14,19H,5-7H2,1-2H3,(H,22,23). The summed E-state index contributed by atoms with van der Waals surface area (Å²) in [5.41, 5.74) is 4.00. The lowest BCUT2D eigenvalue weighted by Gasteiger charge is -2.12. The van der Waals surface area contributed by atoms with E-state index in [9.17, 15) is 0 Å². The highest BCUT2D eigenvalue weighted by molar-refractivity contribution is 5.61. The molecule has 0 aromatic carbocycles. The second-order valence-corrected chi connectivity index (χ2v) is 6.61. The molecule has 3 aromatic heterocycles. The molecule has 1 atom stereocenters. The van der Waals surface area contributed by atoms with Crippen molar-refractivity contribution in [3.63, 3.8) is 0 Å². The monoisotopic (exact) mass is 322 g/mol. The number of hydrogen-bond acceptors (Lipinski definition) is 5. The number of fused-ring (bicyclic) bond motifs is 1. The highest BCUT2D eigenvalue weighted by Crippen LogP contribution is 2.23. The number of imidazole rings is 1. The lowest BCUT2D eigenvalue weighted by molar-refractivity contribution is 0.786. The van der Waals surface area contributed by atoms with Crippen molar-refractivity contribution in [3.05, 3.63) is 42.5 Å². The van der Waals surface area contributed by atoms with E-state index in [1.807, 2.05) is 6.20 Å². The fourth-order valence-electron chi connectivity index (χ4n) is 3.07. The summed E-state index contributed by atoms with van der Waals surface area (Å²) in [6.45, 7) is 6.41. The van der Waals surface area contributed by atoms with Gasteiger partial charge in [0.15, 0.2) is 0 Å². The minimum absolute atomic E-state index is 0.421. The second-order valence-electron chi connectivity index (χ2n) is 6.61. The highest BCUT2D eigenvalue weighted by atomic mass is 15.1. The van der Waals surface area contributed by atoms with Crippen LogP contribution in [0.4, 0.5) is 5.82 Å². The van der Waals surface area contributed by atoms with Crippen LogP contribution in [0.3, 0.4) is 0 Å². The molecule has 24 heavy (non-hydrogen) atoms. The number of hydrogen-bond donors (Lipinski definition) is 2. The van der Waals surface area contributed by atoms with E-state index in [0.717, 1.165) is 42.4 Å². The summed E-state index contributed by atoms with van der Waals surface area (Å²) >= 11 is 0. The smallest absolute Gasteiger partial charge is 0.145 e. The first-order chi connectivity index (χ1) is 11.7. The van der Waals surface area contributed by atoms with E-state index < -0.39 is 0 Å². The molecule has 2 N–H and O–H groups in total. The zero-order valence-corrected chi connectivity index (χ0v) is 14.0. The minimum Gasteiger partial charge on any atom is -0.365 e. The fourth-order valence-corrected chi connectivity index (χ4v) is 3.07. The van der Waals surface area contributed by atoms with Gasteiger partial charge in [0.25, 0.3) is 0 Å². The van der Waals surface area contributed by atoms with Crippen molar-refractivity contribution in [2.24, 2.45) is 0 Å². The van der Waals surface area contributed by atoms with Crippen LogP contribution in [0.1, 0.15) is 31.7 Å². The van der Waals surface area contributed by atoms with E-state index in [1.54, 1.807) is 12.4 Å². The van der Waals surface area contributed by atoms with Crippen LogP contribution in [0.5, 0.6) is 0 Å². The van der Waals surface area contributed by atoms with Gasteiger partial charge in [-0.05, 0) is 30.5 Å². The van der Waals surface area contributed by atoms with Gasteiger partial charge in [-0.3, -0.25) is 9.38 Å². The number of rotatable bonds is 4. The summed E-state index contributed by atoms with van der Waals surface area (Å²) in [7, 11) is 0. The molecule has 1 unspecified atom stereocenters. The van der Waals surface area contributed by atoms with Crippen LogP contribution in [-0.2, 0) is 0 Å². The molecule has 0 aliphatic carbocycles. The Labute approximate surface area is 141 Å². The van der Waals surface area contributed by atoms with Gasteiger partial charge in [-0.25, -0.2) is 9.97 Å². The number of nitrogens with zero attached hydrogens (tertiary/aromatic N) is 4. The van der Waals surface area contributed by atoms with Gasteiger partial charge in [0, 0.05) is 18.8 Å². The van der Waals surface area contributed by atoms with Gasteiger partial charge in [-0.15, -0.1) is 0 Å². The Hall–Kier alpha value is -2.47. The molecular weight excluding hydrogens is 300 g/mol. The number of anilines is 1. The van der Waals surface area contributed by atoms with Crippen LogP contribution < -0.4 is 10.6 Å². The maximum Gasteiger partial charge on any atom is 0.145 e. The Morgan fingerprint density at radius 1 is 1.25 bits per heavy atom. The van der Waals surface area contributed by atoms with Gasteiger partial charge < -0.3 is 10.6 Å². The maximum atomic E-state index is 4.74. The van der Waals surface area contributed by atoms with Gasteiger partial charge in [0.1, 0.15) is 17.2 Å². The molecule has 0 saturated carbocycles. The molecular formula is C18H22N6. The molecule has 6 nitrogen and oxygen atoms in total. The fraction of sp³-hybridized carbons (Fsp3) is 0.389. The Morgan fingerprint density at radius 3 is 2.96 bits per heavy atom. The maximum absolute atomic E-state index is 4.74. The minimum atomic E-state index is 0.421. The van der Waals surface area contributed by atoms with Gasteiger partial charge in [-0.1, -0.05) is 19.9 Å². The summed E-state index contributed by atoms with van der Waals surface area (Å²) in [4.78, 5) is 13.6. The summed E-state index contributed by atoms with van der Waals surface area (Å²) in [5, 5.41) is 6.81. The van der Waals surface area contributed by atoms with Crippen LogP contribution in [-0.4, -0.2) is 38.5 Å². The first-order valence-electron chi connectivity index (χ1n) is 8.47. The number of pyridine rings is 1. The molecule has 0 spiro atoms. The largest absolute Gasteiger partial charge is 0.365 e. The lowest BCUT2D eigenvalue weighted by Crippen LogP contribution is -2.22. The van der Waals surface area contributed by atoms with Crippen molar-refractivity contribution < 1.29 is 0 Å². The van der Waals surface area contributed by atoms with Gasteiger partial charge >= 0.3 is 0 Å². The Bertz CT molecular complexity index is 848. The molecule has 1 saturated heterocycles. The number of nitrogens with one attached hydrogen (secondary N) is 2. The third-order valence-corrected chi connectivity index (χ3v) is 4.50. The Kier molecular flexibility index (Phi) is 3.90. The van der Waals surface area contributed by atoms with E-state index >= 15 is 0 Å². The first kappa shape index (κ1) is 15.1. The van der Waals surface area contributed by atoms with E-state index in [0.29, 0.717) is 12.0 Å². The van der Waals surface area contributed by atoms with E-state index in [4.69, 9.17) is 4.98 Å². The molecule has 0 radical (unpaired) electrons. The van der Waals surface area contributed by atoms with Crippen LogP contribution in [0.15, 0.2) is 36.9 Å². The molecule has 124 valence electrons. The molecule has 4 rings (SSSR count). The topological polar surface area (TPSA) is 67.1 Å². The van der Waals surface area contributed by atoms with Crippen LogP contribution >= 0.6 is 0 Å². The van der Waals surface area contributed by atoms with Gasteiger partial charge in [-0.2, -0.15) is 0 Å². The zero-order valence-electron chi connectivity index (χ0n) is 14.0. The third kappa shape index (κ3) is 2.85. The second kappa shape index (κ2) is 6.20. The van der Waals surface area contributed by atoms with Crippen molar-refractivity contribution in [2.75, 3.05) is 18.4 Å². The van der Waals surface area contributed by atoms with E-state index in [2.05, 4.69) is 57.2 Å². The summed E-state index contributed by atoms with van der Waals surface area (Å²) in [5.74, 6) is 1.29. The molecule has 6 heteroatoms.